The lowest BCUT2D eigenvalue weighted by Crippen LogP contribution is -2.50. The molecular weight excluding hydrogens is 144 g/mol. The summed E-state index contributed by atoms with van der Waals surface area (Å²) in [7, 11) is 0. The lowest BCUT2D eigenvalue weighted by atomic mass is 9.91. The summed E-state index contributed by atoms with van der Waals surface area (Å²) in [6.45, 7) is 5.87. The van der Waals surface area contributed by atoms with E-state index < -0.39 is 5.60 Å². The first-order valence-electron chi connectivity index (χ1n) is 4.04. The van der Waals surface area contributed by atoms with Crippen LogP contribution in [0.2, 0.25) is 0 Å². The zero-order valence-corrected chi connectivity index (χ0v) is 7.17. The number of rotatable bonds is 2. The van der Waals surface area contributed by atoms with E-state index in [1.54, 1.807) is 0 Å². The molecule has 0 saturated carbocycles. The first kappa shape index (κ1) is 8.97. The fourth-order valence-corrected chi connectivity index (χ4v) is 1.20. The van der Waals surface area contributed by atoms with Crippen LogP contribution in [-0.4, -0.2) is 37.1 Å². The Kier molecular flexibility index (Phi) is 2.87. The Hall–Kier alpha value is -0.120. The molecule has 0 aliphatic carbocycles. The summed E-state index contributed by atoms with van der Waals surface area (Å²) < 4.78 is 10.8. The summed E-state index contributed by atoms with van der Waals surface area (Å²) in [5.41, 5.74) is -0.446. The molecule has 66 valence electrons. The van der Waals surface area contributed by atoms with Crippen molar-refractivity contribution in [3.8, 4) is 0 Å². The minimum Gasteiger partial charge on any atom is -0.393 e. The van der Waals surface area contributed by atoms with Crippen LogP contribution in [0.15, 0.2) is 0 Å². The highest BCUT2D eigenvalue weighted by Gasteiger charge is 2.36. The van der Waals surface area contributed by atoms with Crippen molar-refractivity contribution in [2.45, 2.75) is 19.4 Å². The van der Waals surface area contributed by atoms with Crippen LogP contribution >= 0.6 is 0 Å². The summed E-state index contributed by atoms with van der Waals surface area (Å²) in [4.78, 5) is 0. The predicted molar refractivity (Wildman–Crippen MR) is 41.4 cm³/mol. The van der Waals surface area contributed by atoms with E-state index in [1.165, 1.54) is 0 Å². The maximum atomic E-state index is 9.11. The summed E-state index contributed by atoms with van der Waals surface area (Å²) in [6.07, 6.45) is 0. The van der Waals surface area contributed by atoms with E-state index in [4.69, 9.17) is 14.6 Å². The minimum absolute atomic E-state index is 0.0463. The highest BCUT2D eigenvalue weighted by Crippen LogP contribution is 2.24. The molecule has 3 heteroatoms. The van der Waals surface area contributed by atoms with Crippen molar-refractivity contribution < 1.29 is 14.6 Å². The van der Waals surface area contributed by atoms with Crippen LogP contribution in [0, 0.1) is 5.92 Å². The maximum absolute atomic E-state index is 9.11. The summed E-state index contributed by atoms with van der Waals surface area (Å²) in [6, 6.07) is 0. The van der Waals surface area contributed by atoms with Crippen LogP contribution in [0.25, 0.3) is 0 Å². The third-order valence-corrected chi connectivity index (χ3v) is 2.28. The van der Waals surface area contributed by atoms with E-state index in [0.717, 1.165) is 0 Å². The second-order valence-electron chi connectivity index (χ2n) is 3.28. The zero-order chi connectivity index (χ0) is 8.32. The second kappa shape index (κ2) is 3.52. The first-order chi connectivity index (χ1) is 5.21. The molecule has 1 saturated heterocycles. The molecule has 0 aromatic heterocycles. The van der Waals surface area contributed by atoms with Gasteiger partial charge in [0.1, 0.15) is 5.60 Å². The molecule has 1 N–H and O–H groups in total. The van der Waals surface area contributed by atoms with Crippen molar-refractivity contribution in [1.82, 2.24) is 0 Å². The van der Waals surface area contributed by atoms with Crippen LogP contribution < -0.4 is 0 Å². The minimum atomic E-state index is -0.446. The van der Waals surface area contributed by atoms with Gasteiger partial charge in [-0.1, -0.05) is 13.8 Å². The van der Waals surface area contributed by atoms with Gasteiger partial charge in [-0.3, -0.25) is 0 Å². The van der Waals surface area contributed by atoms with Gasteiger partial charge in [0.15, 0.2) is 0 Å². The largest absolute Gasteiger partial charge is 0.393 e. The summed E-state index contributed by atoms with van der Waals surface area (Å²) in [5, 5.41) is 9.11. The molecule has 1 atom stereocenters. The molecule has 1 aliphatic heterocycles. The van der Waals surface area contributed by atoms with E-state index in [1.807, 2.05) is 13.8 Å². The van der Waals surface area contributed by atoms with Crippen molar-refractivity contribution >= 4 is 0 Å². The van der Waals surface area contributed by atoms with Crippen molar-refractivity contribution in [3.05, 3.63) is 0 Å². The summed E-state index contributed by atoms with van der Waals surface area (Å²) >= 11 is 0. The molecule has 1 heterocycles. The average molecular weight is 160 g/mol. The van der Waals surface area contributed by atoms with Crippen LogP contribution in [-0.2, 0) is 9.47 Å². The van der Waals surface area contributed by atoms with E-state index >= 15 is 0 Å². The smallest absolute Gasteiger partial charge is 0.117 e. The van der Waals surface area contributed by atoms with E-state index in [2.05, 4.69) is 0 Å². The Morgan fingerprint density at radius 2 is 2.18 bits per heavy atom. The van der Waals surface area contributed by atoms with Gasteiger partial charge in [-0.2, -0.15) is 0 Å². The predicted octanol–water partition coefficient (Wildman–Crippen LogP) is 0.420. The maximum Gasteiger partial charge on any atom is 0.117 e. The number of ether oxygens (including phenoxy) is 2. The monoisotopic (exact) mass is 160 g/mol. The second-order valence-corrected chi connectivity index (χ2v) is 3.28. The Morgan fingerprint density at radius 3 is 2.45 bits per heavy atom. The quantitative estimate of drug-likeness (QED) is 0.636. The number of aliphatic hydroxyl groups excluding tert-OH is 1. The molecule has 1 aliphatic rings. The molecule has 1 rings (SSSR count). The Morgan fingerprint density at radius 1 is 1.45 bits per heavy atom. The SMILES string of the molecule is CC(C)[C@]1(CO)COCCO1. The Balaban J connectivity index is 2.57. The van der Waals surface area contributed by atoms with Gasteiger partial charge >= 0.3 is 0 Å². The third kappa shape index (κ3) is 1.72. The third-order valence-electron chi connectivity index (χ3n) is 2.28. The van der Waals surface area contributed by atoms with Crippen LogP contribution in [0.4, 0.5) is 0 Å². The van der Waals surface area contributed by atoms with Gasteiger partial charge in [-0.05, 0) is 5.92 Å². The topological polar surface area (TPSA) is 38.7 Å². The highest BCUT2D eigenvalue weighted by atomic mass is 16.6. The van der Waals surface area contributed by atoms with Crippen molar-refractivity contribution in [2.24, 2.45) is 5.92 Å². The first-order valence-corrected chi connectivity index (χ1v) is 4.04. The lowest BCUT2D eigenvalue weighted by molar-refractivity contribution is -0.194. The molecule has 0 bridgehead atoms. The van der Waals surface area contributed by atoms with Gasteiger partial charge < -0.3 is 14.6 Å². The molecule has 11 heavy (non-hydrogen) atoms. The van der Waals surface area contributed by atoms with Gasteiger partial charge in [-0.15, -0.1) is 0 Å². The molecule has 3 nitrogen and oxygen atoms in total. The highest BCUT2D eigenvalue weighted by molar-refractivity contribution is 4.85. The van der Waals surface area contributed by atoms with E-state index in [0.29, 0.717) is 25.7 Å². The lowest BCUT2D eigenvalue weighted by Gasteiger charge is -2.38. The fourth-order valence-electron chi connectivity index (χ4n) is 1.20. The van der Waals surface area contributed by atoms with Gasteiger partial charge in [0.05, 0.1) is 26.4 Å². The Bertz CT molecular complexity index is 117. The molecule has 0 spiro atoms. The molecular formula is C8H16O3. The molecule has 0 amide bonds. The summed E-state index contributed by atoms with van der Waals surface area (Å²) in [5.74, 6) is 0.299. The number of hydrogen-bond donors (Lipinski definition) is 1. The van der Waals surface area contributed by atoms with Gasteiger partial charge in [0, 0.05) is 0 Å². The molecule has 0 unspecified atom stereocenters. The van der Waals surface area contributed by atoms with Crippen LogP contribution in [0.3, 0.4) is 0 Å². The number of hydrogen-bond acceptors (Lipinski definition) is 3. The van der Waals surface area contributed by atoms with Crippen molar-refractivity contribution in [1.29, 1.82) is 0 Å². The van der Waals surface area contributed by atoms with Crippen LogP contribution in [0.1, 0.15) is 13.8 Å². The molecule has 0 aromatic rings. The van der Waals surface area contributed by atoms with Gasteiger partial charge in [0.2, 0.25) is 0 Å². The van der Waals surface area contributed by atoms with Crippen molar-refractivity contribution in [2.75, 3.05) is 26.4 Å². The fraction of sp³-hybridized carbons (Fsp3) is 1.00. The van der Waals surface area contributed by atoms with E-state index in [9.17, 15) is 0 Å². The van der Waals surface area contributed by atoms with Gasteiger partial charge in [0.25, 0.3) is 0 Å². The zero-order valence-electron chi connectivity index (χ0n) is 7.17. The molecule has 1 fully saturated rings. The molecule has 0 radical (unpaired) electrons. The normalized spacial score (nSPS) is 32.7. The van der Waals surface area contributed by atoms with Crippen LogP contribution in [0.5, 0.6) is 0 Å². The average Bonchev–Trinajstić information content (AvgIpc) is 2.05. The van der Waals surface area contributed by atoms with Gasteiger partial charge in [-0.25, -0.2) is 0 Å². The standard InChI is InChI=1S/C8H16O3/c1-7(2)8(5-9)6-10-3-4-11-8/h7,9H,3-6H2,1-2H3/t8-/m0/s1. The number of aliphatic hydroxyl groups is 1. The Labute approximate surface area is 67.3 Å². The molecule has 0 aromatic carbocycles. The van der Waals surface area contributed by atoms with Crippen molar-refractivity contribution in [3.63, 3.8) is 0 Å². The van der Waals surface area contributed by atoms with E-state index in [-0.39, 0.29) is 6.61 Å².